The third-order valence-corrected chi connectivity index (χ3v) is 7.59. The SMILES string of the molecule is CCC(C)c1cc(Cc2cc(C(C)CC)c(N)c(C(C)CC)c2)cc(C(C)CC)c1N. The van der Waals surface area contributed by atoms with Gasteiger partial charge in [0.05, 0.1) is 0 Å². The van der Waals surface area contributed by atoms with Crippen molar-refractivity contribution in [2.24, 2.45) is 0 Å². The lowest BCUT2D eigenvalue weighted by Crippen LogP contribution is -2.09. The summed E-state index contributed by atoms with van der Waals surface area (Å²) in [5.41, 5.74) is 23.3. The quantitative estimate of drug-likeness (QED) is 0.377. The average molecular weight is 423 g/mol. The number of hydrogen-bond donors (Lipinski definition) is 2. The largest absolute Gasteiger partial charge is 0.398 e. The lowest BCUT2D eigenvalue weighted by Gasteiger charge is -2.23. The van der Waals surface area contributed by atoms with Crippen LogP contribution >= 0.6 is 0 Å². The zero-order valence-corrected chi connectivity index (χ0v) is 21.3. The van der Waals surface area contributed by atoms with Crippen LogP contribution in [-0.2, 0) is 6.42 Å². The summed E-state index contributed by atoms with van der Waals surface area (Å²) in [5.74, 6) is 1.89. The molecular weight excluding hydrogens is 376 g/mol. The summed E-state index contributed by atoms with van der Waals surface area (Å²) in [6.07, 6.45) is 5.34. The van der Waals surface area contributed by atoms with Crippen molar-refractivity contribution in [2.75, 3.05) is 11.5 Å². The molecule has 0 saturated heterocycles. The topological polar surface area (TPSA) is 52.0 Å². The van der Waals surface area contributed by atoms with Gasteiger partial charge in [-0.05, 0) is 89.2 Å². The van der Waals surface area contributed by atoms with Crippen molar-refractivity contribution in [3.63, 3.8) is 0 Å². The van der Waals surface area contributed by atoms with Gasteiger partial charge in [0.25, 0.3) is 0 Å². The van der Waals surface area contributed by atoms with Crippen molar-refractivity contribution >= 4 is 11.4 Å². The molecule has 4 unspecified atom stereocenters. The van der Waals surface area contributed by atoms with Crippen LogP contribution in [-0.4, -0.2) is 0 Å². The van der Waals surface area contributed by atoms with Gasteiger partial charge in [0, 0.05) is 11.4 Å². The Morgan fingerprint density at radius 1 is 0.516 bits per heavy atom. The van der Waals surface area contributed by atoms with Crippen molar-refractivity contribution in [1.29, 1.82) is 0 Å². The van der Waals surface area contributed by atoms with Gasteiger partial charge >= 0.3 is 0 Å². The molecule has 4 atom stereocenters. The zero-order valence-electron chi connectivity index (χ0n) is 21.3. The first-order chi connectivity index (χ1) is 14.7. The van der Waals surface area contributed by atoms with Gasteiger partial charge < -0.3 is 11.5 Å². The molecule has 0 heterocycles. The monoisotopic (exact) mass is 422 g/mol. The Morgan fingerprint density at radius 3 is 0.935 bits per heavy atom. The molecule has 0 fully saturated rings. The molecule has 0 aliphatic heterocycles. The van der Waals surface area contributed by atoms with E-state index in [4.69, 9.17) is 11.5 Å². The van der Waals surface area contributed by atoms with Gasteiger partial charge in [0.15, 0.2) is 0 Å². The second-order valence-corrected chi connectivity index (χ2v) is 9.79. The summed E-state index contributed by atoms with van der Waals surface area (Å²) in [6, 6.07) is 9.43. The van der Waals surface area contributed by atoms with Gasteiger partial charge in [0.1, 0.15) is 0 Å². The van der Waals surface area contributed by atoms with E-state index < -0.39 is 0 Å². The summed E-state index contributed by atoms with van der Waals surface area (Å²) in [4.78, 5) is 0. The Hall–Kier alpha value is -1.96. The summed E-state index contributed by atoms with van der Waals surface area (Å²) in [7, 11) is 0. The second kappa shape index (κ2) is 11.1. The van der Waals surface area contributed by atoms with Crippen LogP contribution < -0.4 is 11.5 Å². The molecule has 0 bridgehead atoms. The summed E-state index contributed by atoms with van der Waals surface area (Å²) in [6.45, 7) is 18.2. The van der Waals surface area contributed by atoms with Crippen LogP contribution in [0.15, 0.2) is 24.3 Å². The van der Waals surface area contributed by atoms with E-state index in [9.17, 15) is 0 Å². The number of rotatable bonds is 10. The molecule has 0 saturated carbocycles. The molecule has 2 aromatic carbocycles. The number of nitrogen functional groups attached to an aromatic ring is 2. The van der Waals surface area contributed by atoms with E-state index in [-0.39, 0.29) is 0 Å². The van der Waals surface area contributed by atoms with Gasteiger partial charge in [-0.3, -0.25) is 0 Å². The van der Waals surface area contributed by atoms with Crippen LogP contribution in [0.3, 0.4) is 0 Å². The fourth-order valence-corrected chi connectivity index (χ4v) is 4.48. The maximum Gasteiger partial charge on any atom is 0.0384 e. The highest BCUT2D eigenvalue weighted by Crippen LogP contribution is 2.37. The average Bonchev–Trinajstić information content (AvgIpc) is 2.78. The molecule has 2 heteroatoms. The number of benzene rings is 2. The van der Waals surface area contributed by atoms with Crippen molar-refractivity contribution < 1.29 is 0 Å². The lowest BCUT2D eigenvalue weighted by molar-refractivity contribution is 0.710. The third kappa shape index (κ3) is 5.64. The Kier molecular flexibility index (Phi) is 9.03. The molecule has 0 aliphatic carbocycles. The van der Waals surface area contributed by atoms with Crippen LogP contribution in [0.4, 0.5) is 11.4 Å². The molecule has 0 amide bonds. The minimum Gasteiger partial charge on any atom is -0.398 e. The number of anilines is 2. The van der Waals surface area contributed by atoms with Crippen molar-refractivity contribution in [1.82, 2.24) is 0 Å². The van der Waals surface area contributed by atoms with E-state index in [0.29, 0.717) is 23.7 Å². The normalized spacial score (nSPS) is 15.5. The standard InChI is InChI=1S/C29H46N2/c1-9-18(5)24-14-22(15-25(28(24)30)19(6)10-2)13-23-16-26(20(7)11-3)29(31)27(17-23)21(8)12-4/h14-21H,9-13,30-31H2,1-8H3. The summed E-state index contributed by atoms with van der Waals surface area (Å²) in [5, 5.41) is 0. The molecular formula is C29H46N2. The van der Waals surface area contributed by atoms with E-state index in [1.807, 2.05) is 0 Å². The van der Waals surface area contributed by atoms with Crippen molar-refractivity contribution in [3.8, 4) is 0 Å². The van der Waals surface area contributed by atoms with Gasteiger partial charge in [-0.25, -0.2) is 0 Å². The zero-order chi connectivity index (χ0) is 23.3. The fraction of sp³-hybridized carbons (Fsp3) is 0.586. The number of hydrogen-bond acceptors (Lipinski definition) is 2. The van der Waals surface area contributed by atoms with E-state index >= 15 is 0 Å². The predicted molar refractivity (Wildman–Crippen MR) is 139 cm³/mol. The Labute approximate surface area is 191 Å². The summed E-state index contributed by atoms with van der Waals surface area (Å²) < 4.78 is 0. The molecule has 4 N–H and O–H groups in total. The number of nitrogens with two attached hydrogens (primary N) is 2. The highest BCUT2D eigenvalue weighted by Gasteiger charge is 2.19. The molecule has 31 heavy (non-hydrogen) atoms. The summed E-state index contributed by atoms with van der Waals surface area (Å²) >= 11 is 0. The van der Waals surface area contributed by atoms with Crippen LogP contribution in [0.25, 0.3) is 0 Å². The smallest absolute Gasteiger partial charge is 0.0384 e. The van der Waals surface area contributed by atoms with Gasteiger partial charge in [-0.15, -0.1) is 0 Å². The molecule has 0 radical (unpaired) electrons. The maximum atomic E-state index is 6.67. The molecule has 0 aliphatic rings. The first-order valence-corrected chi connectivity index (χ1v) is 12.5. The highest BCUT2D eigenvalue weighted by atomic mass is 14.6. The first kappa shape index (κ1) is 25.3. The van der Waals surface area contributed by atoms with E-state index in [1.54, 1.807) is 0 Å². The molecule has 0 aromatic heterocycles. The lowest BCUT2D eigenvalue weighted by atomic mass is 9.84. The third-order valence-electron chi connectivity index (χ3n) is 7.59. The highest BCUT2D eigenvalue weighted by molar-refractivity contribution is 5.61. The second-order valence-electron chi connectivity index (χ2n) is 9.79. The molecule has 0 spiro atoms. The van der Waals surface area contributed by atoms with Crippen LogP contribution in [0.5, 0.6) is 0 Å². The van der Waals surface area contributed by atoms with Crippen molar-refractivity contribution in [2.45, 2.75) is 111 Å². The minimum absolute atomic E-state index is 0.473. The first-order valence-electron chi connectivity index (χ1n) is 12.5. The molecule has 2 aromatic rings. The minimum atomic E-state index is 0.473. The molecule has 172 valence electrons. The van der Waals surface area contributed by atoms with Crippen LogP contribution in [0.2, 0.25) is 0 Å². The van der Waals surface area contributed by atoms with Gasteiger partial charge in [0.2, 0.25) is 0 Å². The Bertz CT molecular complexity index is 734. The molecule has 2 nitrogen and oxygen atoms in total. The van der Waals surface area contributed by atoms with E-state index in [1.165, 1.54) is 33.4 Å². The predicted octanol–water partition coefficient (Wildman–Crippen LogP) is 8.50. The van der Waals surface area contributed by atoms with Crippen LogP contribution in [0.1, 0.15) is 138 Å². The van der Waals surface area contributed by atoms with Crippen molar-refractivity contribution in [3.05, 3.63) is 57.6 Å². The van der Waals surface area contributed by atoms with E-state index in [2.05, 4.69) is 79.7 Å². The maximum absolute atomic E-state index is 6.67. The van der Waals surface area contributed by atoms with E-state index in [0.717, 1.165) is 43.5 Å². The van der Waals surface area contributed by atoms with Gasteiger partial charge in [-0.1, -0.05) is 79.7 Å². The van der Waals surface area contributed by atoms with Gasteiger partial charge in [-0.2, -0.15) is 0 Å². The van der Waals surface area contributed by atoms with Crippen LogP contribution in [0, 0.1) is 0 Å². The Balaban J connectivity index is 2.61. The Morgan fingerprint density at radius 2 is 0.742 bits per heavy atom. The fourth-order valence-electron chi connectivity index (χ4n) is 4.48. The molecule has 2 rings (SSSR count).